The molecule has 20 heavy (non-hydrogen) atoms. The molecule has 0 amide bonds. The lowest BCUT2D eigenvalue weighted by atomic mass is 9.98. The van der Waals surface area contributed by atoms with Gasteiger partial charge in [0.15, 0.2) is 0 Å². The van der Waals surface area contributed by atoms with Crippen molar-refractivity contribution < 1.29 is 19.4 Å². The molecule has 0 heterocycles. The summed E-state index contributed by atoms with van der Waals surface area (Å²) >= 11 is 6.04. The molecule has 0 atom stereocenters. The van der Waals surface area contributed by atoms with Crippen LogP contribution in [0.25, 0.3) is 11.1 Å². The van der Waals surface area contributed by atoms with E-state index in [0.29, 0.717) is 11.1 Å². The first kappa shape index (κ1) is 14.1. The number of carboxylic acids is 1. The van der Waals surface area contributed by atoms with Crippen LogP contribution in [0.4, 0.5) is 0 Å². The van der Waals surface area contributed by atoms with E-state index in [-0.39, 0.29) is 16.1 Å². The van der Waals surface area contributed by atoms with E-state index in [2.05, 4.69) is 4.74 Å². The number of rotatable bonds is 3. The minimum Gasteiger partial charge on any atom is -0.478 e. The molecule has 0 aliphatic rings. The minimum absolute atomic E-state index is 0.175. The molecular weight excluding hydrogens is 280 g/mol. The van der Waals surface area contributed by atoms with Crippen molar-refractivity contribution in [3.8, 4) is 11.1 Å². The van der Waals surface area contributed by atoms with E-state index < -0.39 is 11.9 Å². The van der Waals surface area contributed by atoms with Gasteiger partial charge in [-0.3, -0.25) is 0 Å². The number of hydrogen-bond acceptors (Lipinski definition) is 3. The first-order valence-electron chi connectivity index (χ1n) is 5.75. The Bertz CT molecular complexity index is 679. The van der Waals surface area contributed by atoms with Crippen molar-refractivity contribution in [1.82, 2.24) is 0 Å². The van der Waals surface area contributed by atoms with Crippen LogP contribution >= 0.6 is 11.6 Å². The molecule has 2 aromatic carbocycles. The molecule has 0 aliphatic carbocycles. The molecule has 4 nitrogen and oxygen atoms in total. The van der Waals surface area contributed by atoms with Gasteiger partial charge in [-0.2, -0.15) is 0 Å². The summed E-state index contributed by atoms with van der Waals surface area (Å²) in [7, 11) is 1.27. The van der Waals surface area contributed by atoms with Gasteiger partial charge in [0.05, 0.1) is 23.3 Å². The summed E-state index contributed by atoms with van der Waals surface area (Å²) in [6.45, 7) is 0. The van der Waals surface area contributed by atoms with Gasteiger partial charge >= 0.3 is 11.9 Å². The third-order valence-corrected chi connectivity index (χ3v) is 3.16. The second-order valence-electron chi connectivity index (χ2n) is 4.04. The number of carboxylic acid groups (broad SMARTS) is 1. The highest BCUT2D eigenvalue weighted by atomic mass is 35.5. The Kier molecular flexibility index (Phi) is 4.05. The molecule has 0 saturated heterocycles. The smallest absolute Gasteiger partial charge is 0.339 e. The molecule has 0 aromatic heterocycles. The maximum atomic E-state index is 11.5. The van der Waals surface area contributed by atoms with Gasteiger partial charge in [-0.15, -0.1) is 0 Å². The van der Waals surface area contributed by atoms with Crippen molar-refractivity contribution in [3.63, 3.8) is 0 Å². The third kappa shape index (κ3) is 2.65. The van der Waals surface area contributed by atoms with Gasteiger partial charge in [0.2, 0.25) is 0 Å². The minimum atomic E-state index is -1.02. The van der Waals surface area contributed by atoms with Crippen LogP contribution in [-0.4, -0.2) is 24.2 Å². The van der Waals surface area contributed by atoms with Crippen molar-refractivity contribution >= 4 is 23.5 Å². The normalized spacial score (nSPS) is 10.1. The number of ether oxygens (including phenoxy) is 1. The monoisotopic (exact) mass is 290 g/mol. The molecule has 0 radical (unpaired) electrons. The number of carbonyl (C=O) groups excluding carboxylic acids is 1. The van der Waals surface area contributed by atoms with Gasteiger partial charge in [0.1, 0.15) is 0 Å². The molecular formula is C15H11ClO4. The van der Waals surface area contributed by atoms with Gasteiger partial charge in [-0.1, -0.05) is 35.9 Å². The number of halogens is 1. The van der Waals surface area contributed by atoms with E-state index in [1.54, 1.807) is 30.3 Å². The van der Waals surface area contributed by atoms with Gasteiger partial charge in [-0.05, 0) is 29.3 Å². The summed E-state index contributed by atoms with van der Waals surface area (Å²) < 4.78 is 4.61. The van der Waals surface area contributed by atoms with Crippen LogP contribution < -0.4 is 0 Å². The van der Waals surface area contributed by atoms with Crippen LogP contribution in [0.2, 0.25) is 5.02 Å². The van der Waals surface area contributed by atoms with Crippen LogP contribution in [-0.2, 0) is 4.74 Å². The van der Waals surface area contributed by atoms with Crippen LogP contribution in [0.5, 0.6) is 0 Å². The average molecular weight is 291 g/mol. The summed E-state index contributed by atoms with van der Waals surface area (Å²) in [5, 5.41) is 9.39. The quantitative estimate of drug-likeness (QED) is 0.879. The van der Waals surface area contributed by atoms with E-state index in [9.17, 15) is 14.7 Å². The molecule has 0 unspecified atom stereocenters. The molecule has 0 aliphatic heterocycles. The van der Waals surface area contributed by atoms with E-state index in [0.717, 1.165) is 0 Å². The molecule has 0 bridgehead atoms. The molecule has 1 N–H and O–H groups in total. The maximum Gasteiger partial charge on any atom is 0.339 e. The molecule has 102 valence electrons. The van der Waals surface area contributed by atoms with E-state index in [1.165, 1.54) is 19.2 Å². The van der Waals surface area contributed by atoms with Crippen molar-refractivity contribution in [2.75, 3.05) is 7.11 Å². The summed E-state index contributed by atoms with van der Waals surface area (Å²) in [4.78, 5) is 22.7. The SMILES string of the molecule is COC(=O)c1ccc(-c2ccccc2C(=O)O)cc1Cl. The van der Waals surface area contributed by atoms with E-state index >= 15 is 0 Å². The third-order valence-electron chi connectivity index (χ3n) is 2.84. The lowest BCUT2D eigenvalue weighted by molar-refractivity contribution is 0.0600. The summed E-state index contributed by atoms with van der Waals surface area (Å²) in [5.41, 5.74) is 1.58. The van der Waals surface area contributed by atoms with E-state index in [4.69, 9.17) is 11.6 Å². The molecule has 2 aromatic rings. The Balaban J connectivity index is 2.53. The van der Waals surface area contributed by atoms with Crippen molar-refractivity contribution in [2.24, 2.45) is 0 Å². The Morgan fingerprint density at radius 3 is 2.40 bits per heavy atom. The highest BCUT2D eigenvalue weighted by Crippen LogP contribution is 2.28. The summed E-state index contributed by atoms with van der Waals surface area (Å²) in [6, 6.07) is 11.3. The van der Waals surface area contributed by atoms with Gasteiger partial charge in [0, 0.05) is 0 Å². The fourth-order valence-corrected chi connectivity index (χ4v) is 2.14. The number of methoxy groups -OCH3 is 1. The highest BCUT2D eigenvalue weighted by molar-refractivity contribution is 6.33. The van der Waals surface area contributed by atoms with Crippen LogP contribution in [0.15, 0.2) is 42.5 Å². The molecule has 2 rings (SSSR count). The number of benzene rings is 2. The van der Waals surface area contributed by atoms with Gasteiger partial charge in [0.25, 0.3) is 0 Å². The zero-order valence-corrected chi connectivity index (χ0v) is 11.3. The summed E-state index contributed by atoms with van der Waals surface area (Å²) in [5.74, 6) is -1.55. The maximum absolute atomic E-state index is 11.5. The van der Waals surface area contributed by atoms with E-state index in [1.807, 2.05) is 0 Å². The zero-order valence-electron chi connectivity index (χ0n) is 10.6. The first-order valence-corrected chi connectivity index (χ1v) is 6.13. The number of esters is 1. The fourth-order valence-electron chi connectivity index (χ4n) is 1.88. The average Bonchev–Trinajstić information content (AvgIpc) is 2.46. The topological polar surface area (TPSA) is 63.6 Å². The zero-order chi connectivity index (χ0) is 14.7. The van der Waals surface area contributed by atoms with Crippen LogP contribution in [0, 0.1) is 0 Å². The molecule has 5 heteroatoms. The Morgan fingerprint density at radius 2 is 1.80 bits per heavy atom. The molecule has 0 saturated carbocycles. The lowest BCUT2D eigenvalue weighted by Crippen LogP contribution is -2.03. The second-order valence-corrected chi connectivity index (χ2v) is 4.44. The lowest BCUT2D eigenvalue weighted by Gasteiger charge is -2.08. The van der Waals surface area contributed by atoms with Gasteiger partial charge < -0.3 is 9.84 Å². The van der Waals surface area contributed by atoms with Gasteiger partial charge in [-0.25, -0.2) is 9.59 Å². The predicted molar refractivity (Wildman–Crippen MR) is 75.2 cm³/mol. The molecule has 0 spiro atoms. The van der Waals surface area contributed by atoms with Crippen LogP contribution in [0.3, 0.4) is 0 Å². The fraction of sp³-hybridized carbons (Fsp3) is 0.0667. The standard InChI is InChI=1S/C15H11ClO4/c1-20-15(19)12-7-6-9(8-13(12)16)10-4-2-3-5-11(10)14(17)18/h2-8H,1H3,(H,17,18). The number of carbonyl (C=O) groups is 2. The largest absolute Gasteiger partial charge is 0.478 e. The molecule has 0 fully saturated rings. The Labute approximate surface area is 120 Å². The second kappa shape index (κ2) is 5.75. The van der Waals surface area contributed by atoms with Crippen LogP contribution in [0.1, 0.15) is 20.7 Å². The number of aromatic carboxylic acids is 1. The van der Waals surface area contributed by atoms with Crippen molar-refractivity contribution in [1.29, 1.82) is 0 Å². The number of hydrogen-bond donors (Lipinski definition) is 1. The van der Waals surface area contributed by atoms with Crippen molar-refractivity contribution in [2.45, 2.75) is 0 Å². The Morgan fingerprint density at radius 1 is 1.10 bits per heavy atom. The van der Waals surface area contributed by atoms with Crippen molar-refractivity contribution in [3.05, 3.63) is 58.6 Å². The first-order chi connectivity index (χ1) is 9.54. The predicted octanol–water partition coefficient (Wildman–Crippen LogP) is 3.49. The Hall–Kier alpha value is -2.33. The summed E-state index contributed by atoms with van der Waals surface area (Å²) in [6.07, 6.45) is 0. The highest BCUT2D eigenvalue weighted by Gasteiger charge is 2.14.